The molecule has 0 atom stereocenters. The van der Waals surface area contributed by atoms with E-state index in [-0.39, 0.29) is 18.4 Å². The fourth-order valence-corrected chi connectivity index (χ4v) is 2.85. The molecule has 0 spiro atoms. The van der Waals surface area contributed by atoms with Crippen molar-refractivity contribution in [3.05, 3.63) is 65.9 Å². The maximum Gasteiger partial charge on any atom is 0.271 e. The molecule has 0 saturated carbocycles. The largest absolute Gasteiger partial charge is 0.497 e. The van der Waals surface area contributed by atoms with Crippen LogP contribution in [-0.4, -0.2) is 36.6 Å². The molecule has 2 heterocycles. The Morgan fingerprint density at radius 3 is 2.62 bits per heavy atom. The zero-order valence-corrected chi connectivity index (χ0v) is 15.8. The lowest BCUT2D eigenvalue weighted by atomic mass is 10.1. The Morgan fingerprint density at radius 1 is 1.03 bits per heavy atom. The minimum absolute atomic E-state index is 0.223. The second-order valence-corrected chi connectivity index (χ2v) is 6.35. The van der Waals surface area contributed by atoms with E-state index in [1.165, 1.54) is 0 Å². The monoisotopic (exact) mass is 392 g/mol. The molecule has 2 N–H and O–H groups in total. The number of ether oxygens (including phenoxy) is 3. The maximum absolute atomic E-state index is 12.2. The van der Waals surface area contributed by atoms with Gasteiger partial charge in [0, 0.05) is 18.3 Å². The molecular formula is C21H20N4O4. The van der Waals surface area contributed by atoms with Gasteiger partial charge in [-0.1, -0.05) is 12.1 Å². The molecule has 1 aromatic heterocycles. The van der Waals surface area contributed by atoms with Crippen molar-refractivity contribution in [1.82, 2.24) is 15.5 Å². The quantitative estimate of drug-likeness (QED) is 0.638. The Morgan fingerprint density at radius 2 is 1.86 bits per heavy atom. The van der Waals surface area contributed by atoms with E-state index in [4.69, 9.17) is 14.2 Å². The van der Waals surface area contributed by atoms with Gasteiger partial charge in [0.25, 0.3) is 5.91 Å². The van der Waals surface area contributed by atoms with Gasteiger partial charge < -0.3 is 24.8 Å². The second-order valence-electron chi connectivity index (χ2n) is 6.35. The maximum atomic E-state index is 12.2. The number of hydrogen-bond donors (Lipinski definition) is 2. The van der Waals surface area contributed by atoms with Crippen LogP contribution in [0.5, 0.6) is 17.2 Å². The van der Waals surface area contributed by atoms with E-state index in [1.54, 1.807) is 19.2 Å². The first kappa shape index (κ1) is 18.5. The normalized spacial score (nSPS) is 11.8. The van der Waals surface area contributed by atoms with Crippen LogP contribution in [0.2, 0.25) is 0 Å². The highest BCUT2D eigenvalue weighted by Gasteiger charge is 2.14. The molecule has 0 unspecified atom stereocenters. The van der Waals surface area contributed by atoms with Crippen molar-refractivity contribution in [2.45, 2.75) is 6.42 Å². The average molecular weight is 392 g/mol. The average Bonchev–Trinajstić information content (AvgIpc) is 3.22. The summed E-state index contributed by atoms with van der Waals surface area (Å²) in [5.41, 5.74) is 2.16. The number of aromatic nitrogens is 2. The molecule has 0 aliphatic carbocycles. The molecular weight excluding hydrogens is 372 g/mol. The summed E-state index contributed by atoms with van der Waals surface area (Å²) in [6.45, 7) is 0.727. The third kappa shape index (κ3) is 4.55. The van der Waals surface area contributed by atoms with Gasteiger partial charge in [0.2, 0.25) is 6.79 Å². The topological polar surface area (TPSA) is 94.6 Å². The van der Waals surface area contributed by atoms with Crippen LogP contribution >= 0.6 is 0 Å². The predicted molar refractivity (Wildman–Crippen MR) is 107 cm³/mol. The molecule has 3 aromatic rings. The number of fused-ring (bicyclic) bond motifs is 1. The molecule has 4 rings (SSSR count). The Bertz CT molecular complexity index is 991. The van der Waals surface area contributed by atoms with Gasteiger partial charge in [-0.3, -0.25) is 4.79 Å². The summed E-state index contributed by atoms with van der Waals surface area (Å²) in [4.78, 5) is 12.2. The smallest absolute Gasteiger partial charge is 0.271 e. The van der Waals surface area contributed by atoms with Gasteiger partial charge in [-0.2, -0.15) is 0 Å². The first-order chi connectivity index (χ1) is 14.2. The molecule has 0 bridgehead atoms. The third-order valence-electron chi connectivity index (χ3n) is 4.40. The summed E-state index contributed by atoms with van der Waals surface area (Å²) in [6.07, 6.45) is 0.715. The molecule has 8 nitrogen and oxygen atoms in total. The van der Waals surface area contributed by atoms with Crippen LogP contribution in [0.1, 0.15) is 16.1 Å². The van der Waals surface area contributed by atoms with Crippen LogP contribution in [0.3, 0.4) is 0 Å². The van der Waals surface area contributed by atoms with Gasteiger partial charge in [-0.05, 0) is 48.4 Å². The lowest BCUT2D eigenvalue weighted by Gasteiger charge is -2.07. The number of hydrogen-bond acceptors (Lipinski definition) is 7. The minimum atomic E-state index is -0.263. The fraction of sp³-hybridized carbons (Fsp3) is 0.190. The van der Waals surface area contributed by atoms with Gasteiger partial charge in [-0.25, -0.2) is 0 Å². The Labute approximate surface area is 167 Å². The van der Waals surface area contributed by atoms with Crippen molar-refractivity contribution in [3.8, 4) is 17.2 Å². The first-order valence-corrected chi connectivity index (χ1v) is 9.13. The Kier molecular flexibility index (Phi) is 5.42. The van der Waals surface area contributed by atoms with Crippen LogP contribution in [0.15, 0.2) is 54.6 Å². The number of methoxy groups -OCH3 is 1. The number of carbonyl (C=O) groups is 1. The van der Waals surface area contributed by atoms with Gasteiger partial charge in [0.05, 0.1) is 7.11 Å². The number of benzene rings is 2. The highest BCUT2D eigenvalue weighted by molar-refractivity contribution is 5.92. The van der Waals surface area contributed by atoms with Crippen molar-refractivity contribution in [2.24, 2.45) is 0 Å². The molecule has 0 saturated heterocycles. The number of amides is 1. The van der Waals surface area contributed by atoms with E-state index in [9.17, 15) is 4.79 Å². The number of rotatable bonds is 7. The second kappa shape index (κ2) is 8.47. The number of anilines is 2. The zero-order chi connectivity index (χ0) is 20.1. The lowest BCUT2D eigenvalue weighted by molar-refractivity contribution is 0.0948. The van der Waals surface area contributed by atoms with Crippen LogP contribution in [0, 0.1) is 0 Å². The minimum Gasteiger partial charge on any atom is -0.497 e. The standard InChI is InChI=1S/C21H20N4O4/c1-27-16-5-2-14(3-6-16)10-11-22-21(26)17-7-9-20(25-24-17)23-15-4-8-18-19(12-15)29-13-28-18/h2-9,12H,10-11,13H2,1H3,(H,22,26)(H,23,25). The van der Waals surface area contributed by atoms with E-state index in [1.807, 2.05) is 42.5 Å². The van der Waals surface area contributed by atoms with Gasteiger partial charge in [0.1, 0.15) is 5.75 Å². The molecule has 1 aliphatic rings. The predicted octanol–water partition coefficient (Wildman–Crippen LogP) is 2.93. The van der Waals surface area contributed by atoms with E-state index >= 15 is 0 Å². The van der Waals surface area contributed by atoms with E-state index in [2.05, 4.69) is 20.8 Å². The number of nitrogens with one attached hydrogen (secondary N) is 2. The molecule has 0 radical (unpaired) electrons. The highest BCUT2D eigenvalue weighted by atomic mass is 16.7. The number of nitrogens with zero attached hydrogens (tertiary/aromatic N) is 2. The Hall–Kier alpha value is -3.81. The van der Waals surface area contributed by atoms with Gasteiger partial charge in [-0.15, -0.1) is 10.2 Å². The van der Waals surface area contributed by atoms with Crippen LogP contribution < -0.4 is 24.8 Å². The van der Waals surface area contributed by atoms with E-state index < -0.39 is 0 Å². The van der Waals surface area contributed by atoms with Crippen LogP contribution in [0.25, 0.3) is 0 Å². The summed E-state index contributed by atoms with van der Waals surface area (Å²) in [7, 11) is 1.63. The summed E-state index contributed by atoms with van der Waals surface area (Å²) >= 11 is 0. The highest BCUT2D eigenvalue weighted by Crippen LogP contribution is 2.34. The Balaban J connectivity index is 1.29. The molecule has 1 amide bonds. The van der Waals surface area contributed by atoms with Gasteiger partial charge in [0.15, 0.2) is 23.0 Å². The van der Waals surface area contributed by atoms with Crippen LogP contribution in [-0.2, 0) is 6.42 Å². The summed E-state index contributed by atoms with van der Waals surface area (Å²) in [5.74, 6) is 2.46. The summed E-state index contributed by atoms with van der Waals surface area (Å²) in [5, 5.41) is 14.0. The summed E-state index contributed by atoms with van der Waals surface area (Å²) in [6, 6.07) is 16.6. The van der Waals surface area contributed by atoms with Crippen LogP contribution in [0.4, 0.5) is 11.5 Å². The lowest BCUT2D eigenvalue weighted by Crippen LogP contribution is -2.26. The van der Waals surface area contributed by atoms with E-state index in [0.29, 0.717) is 30.3 Å². The zero-order valence-electron chi connectivity index (χ0n) is 15.8. The third-order valence-corrected chi connectivity index (χ3v) is 4.40. The van der Waals surface area contributed by atoms with Crippen molar-refractivity contribution in [2.75, 3.05) is 25.8 Å². The molecule has 0 fully saturated rings. The molecule has 148 valence electrons. The molecule has 8 heteroatoms. The SMILES string of the molecule is COc1ccc(CCNC(=O)c2ccc(Nc3ccc4c(c3)OCO4)nn2)cc1. The molecule has 1 aliphatic heterocycles. The van der Waals surface area contributed by atoms with Crippen molar-refractivity contribution >= 4 is 17.4 Å². The summed E-state index contributed by atoms with van der Waals surface area (Å²) < 4.78 is 15.8. The fourth-order valence-electron chi connectivity index (χ4n) is 2.85. The van der Waals surface area contributed by atoms with E-state index in [0.717, 1.165) is 17.0 Å². The van der Waals surface area contributed by atoms with Gasteiger partial charge >= 0.3 is 0 Å². The first-order valence-electron chi connectivity index (χ1n) is 9.13. The van der Waals surface area contributed by atoms with Crippen molar-refractivity contribution < 1.29 is 19.0 Å². The van der Waals surface area contributed by atoms with Crippen molar-refractivity contribution in [3.63, 3.8) is 0 Å². The molecule has 29 heavy (non-hydrogen) atoms. The van der Waals surface area contributed by atoms with Crippen molar-refractivity contribution in [1.29, 1.82) is 0 Å². The number of carbonyl (C=O) groups excluding carboxylic acids is 1. The molecule has 2 aromatic carbocycles.